The molecule has 0 saturated heterocycles. The minimum atomic E-state index is 0.323. The third-order valence-electron chi connectivity index (χ3n) is 6.53. The van der Waals surface area contributed by atoms with E-state index in [1.54, 1.807) is 0 Å². The molecule has 30 heavy (non-hydrogen) atoms. The fraction of sp³-hybridized carbons (Fsp3) is 0.462. The molecule has 0 spiro atoms. The van der Waals surface area contributed by atoms with Gasteiger partial charge in [-0.05, 0) is 74.6 Å². The van der Waals surface area contributed by atoms with Crippen LogP contribution in [0.25, 0.3) is 10.9 Å². The monoisotopic (exact) mass is 423 g/mol. The van der Waals surface area contributed by atoms with Crippen LogP contribution in [-0.4, -0.2) is 24.2 Å². The Bertz CT molecular complexity index is 942. The summed E-state index contributed by atoms with van der Waals surface area (Å²) < 4.78 is 2.57. The number of fused-ring (bicyclic) bond motifs is 1. The molecule has 3 nitrogen and oxygen atoms in total. The quantitative estimate of drug-likeness (QED) is 0.399. The van der Waals surface area contributed by atoms with Gasteiger partial charge < -0.3 is 15.6 Å². The first-order chi connectivity index (χ1) is 14.8. The van der Waals surface area contributed by atoms with E-state index in [1.807, 2.05) is 6.07 Å². The summed E-state index contributed by atoms with van der Waals surface area (Å²) in [6, 6.07) is 18.0. The van der Waals surface area contributed by atoms with E-state index >= 15 is 0 Å². The highest BCUT2D eigenvalue weighted by Gasteiger charge is 2.23. The van der Waals surface area contributed by atoms with Gasteiger partial charge in [0.1, 0.15) is 0 Å². The maximum Gasteiger partial charge on any atom is 0.0485 e. The van der Waals surface area contributed by atoms with E-state index in [0.29, 0.717) is 12.0 Å². The van der Waals surface area contributed by atoms with Gasteiger partial charge in [-0.25, -0.2) is 0 Å². The van der Waals surface area contributed by atoms with Crippen LogP contribution in [0.5, 0.6) is 0 Å². The Balaban J connectivity index is 1.70. The van der Waals surface area contributed by atoms with Crippen molar-refractivity contribution in [2.75, 3.05) is 19.6 Å². The molecule has 2 aromatic carbocycles. The highest BCUT2D eigenvalue weighted by atomic mass is 35.5. The Hall–Kier alpha value is -1.81. The van der Waals surface area contributed by atoms with Crippen LogP contribution in [0.1, 0.15) is 68.0 Å². The van der Waals surface area contributed by atoms with Crippen molar-refractivity contribution in [3.8, 4) is 0 Å². The zero-order chi connectivity index (χ0) is 20.8. The van der Waals surface area contributed by atoms with E-state index < -0.39 is 0 Å². The number of aromatic nitrogens is 1. The van der Waals surface area contributed by atoms with E-state index in [4.69, 9.17) is 17.3 Å². The Labute approximate surface area is 185 Å². The van der Waals surface area contributed by atoms with Crippen molar-refractivity contribution >= 4 is 22.5 Å². The smallest absolute Gasteiger partial charge is 0.0485 e. The minimum absolute atomic E-state index is 0.323. The molecule has 4 heteroatoms. The SMILES string of the molecule is NCCCNCCC(c1cccc(Cl)c1)c1cn(C2CCCCC2)c2ccccc12. The second kappa shape index (κ2) is 10.5. The molecule has 160 valence electrons. The Morgan fingerprint density at radius 2 is 1.87 bits per heavy atom. The zero-order valence-corrected chi connectivity index (χ0v) is 18.6. The van der Waals surface area contributed by atoms with Crippen molar-refractivity contribution in [2.45, 2.75) is 56.9 Å². The summed E-state index contributed by atoms with van der Waals surface area (Å²) in [5, 5.41) is 5.76. The molecule has 1 atom stereocenters. The topological polar surface area (TPSA) is 43.0 Å². The number of nitrogens with zero attached hydrogens (tertiary/aromatic N) is 1. The van der Waals surface area contributed by atoms with Crippen molar-refractivity contribution in [3.05, 3.63) is 70.9 Å². The number of hydrogen-bond acceptors (Lipinski definition) is 2. The van der Waals surface area contributed by atoms with E-state index in [0.717, 1.165) is 37.5 Å². The molecule has 0 radical (unpaired) electrons. The van der Waals surface area contributed by atoms with Gasteiger partial charge in [-0.3, -0.25) is 0 Å². The highest BCUT2D eigenvalue weighted by Crippen LogP contribution is 2.39. The van der Waals surface area contributed by atoms with Crippen LogP contribution in [0.2, 0.25) is 5.02 Å². The lowest BCUT2D eigenvalue weighted by molar-refractivity contribution is 0.360. The second-order valence-corrected chi connectivity index (χ2v) is 9.03. The third kappa shape index (κ3) is 4.91. The summed E-state index contributed by atoms with van der Waals surface area (Å²) in [7, 11) is 0. The van der Waals surface area contributed by atoms with Gasteiger partial charge in [-0.15, -0.1) is 0 Å². The summed E-state index contributed by atoms with van der Waals surface area (Å²) >= 11 is 6.39. The van der Waals surface area contributed by atoms with Gasteiger partial charge in [0.25, 0.3) is 0 Å². The van der Waals surface area contributed by atoms with E-state index in [1.165, 1.54) is 54.1 Å². The lowest BCUT2D eigenvalue weighted by Crippen LogP contribution is -2.21. The van der Waals surface area contributed by atoms with Gasteiger partial charge in [0.05, 0.1) is 0 Å². The zero-order valence-electron chi connectivity index (χ0n) is 17.8. The molecular weight excluding hydrogens is 390 g/mol. The molecule has 1 unspecified atom stereocenters. The van der Waals surface area contributed by atoms with Crippen LogP contribution in [0.3, 0.4) is 0 Å². The summed E-state index contributed by atoms with van der Waals surface area (Å²) in [5.74, 6) is 0.323. The van der Waals surface area contributed by atoms with Crippen LogP contribution in [-0.2, 0) is 0 Å². The van der Waals surface area contributed by atoms with Gasteiger partial charge in [-0.1, -0.05) is 61.2 Å². The number of para-hydroxylation sites is 1. The molecule has 1 saturated carbocycles. The fourth-order valence-corrected chi connectivity index (χ4v) is 5.19. The molecule has 3 aromatic rings. The maximum atomic E-state index is 6.39. The van der Waals surface area contributed by atoms with Gasteiger partial charge in [-0.2, -0.15) is 0 Å². The fourth-order valence-electron chi connectivity index (χ4n) is 4.99. The first-order valence-electron chi connectivity index (χ1n) is 11.5. The van der Waals surface area contributed by atoms with E-state index in [-0.39, 0.29) is 0 Å². The lowest BCUT2D eigenvalue weighted by atomic mass is 9.88. The number of nitrogens with one attached hydrogen (secondary N) is 1. The van der Waals surface area contributed by atoms with Crippen molar-refractivity contribution in [1.82, 2.24) is 9.88 Å². The predicted molar refractivity (Wildman–Crippen MR) is 129 cm³/mol. The Morgan fingerprint density at radius 3 is 2.67 bits per heavy atom. The molecule has 1 aromatic heterocycles. The second-order valence-electron chi connectivity index (χ2n) is 8.59. The van der Waals surface area contributed by atoms with Gasteiger partial charge in [0, 0.05) is 34.1 Å². The average Bonchev–Trinajstić information content (AvgIpc) is 3.16. The lowest BCUT2D eigenvalue weighted by Gasteiger charge is -2.24. The molecule has 0 amide bonds. The Kier molecular flexibility index (Phi) is 7.48. The standard InChI is InChI=1S/C26H34ClN3/c27-21-9-6-8-20(18-21)23(14-17-29-16-7-15-28)25-19-30(22-10-2-1-3-11-22)26-13-5-4-12-24(25)26/h4-6,8-9,12-13,18-19,22-23,29H,1-3,7,10-11,14-17,28H2. The summed E-state index contributed by atoms with van der Waals surface area (Å²) in [6.45, 7) is 2.68. The molecule has 1 aliphatic rings. The van der Waals surface area contributed by atoms with E-state index in [9.17, 15) is 0 Å². The molecule has 0 aliphatic heterocycles. The molecule has 0 bridgehead atoms. The summed E-state index contributed by atoms with van der Waals surface area (Å²) in [5.41, 5.74) is 9.76. The van der Waals surface area contributed by atoms with Crippen molar-refractivity contribution in [3.63, 3.8) is 0 Å². The predicted octanol–water partition coefficient (Wildman–Crippen LogP) is 6.26. The number of rotatable bonds is 9. The molecule has 3 N–H and O–H groups in total. The van der Waals surface area contributed by atoms with Gasteiger partial charge in [0.15, 0.2) is 0 Å². The van der Waals surface area contributed by atoms with Crippen LogP contribution in [0, 0.1) is 0 Å². The number of hydrogen-bond donors (Lipinski definition) is 2. The molecule has 1 heterocycles. The number of nitrogens with two attached hydrogens (primary N) is 1. The molecule has 4 rings (SSSR count). The summed E-state index contributed by atoms with van der Waals surface area (Å²) in [6.07, 6.45) is 11.2. The van der Waals surface area contributed by atoms with Crippen molar-refractivity contribution in [1.29, 1.82) is 0 Å². The Morgan fingerprint density at radius 1 is 1.03 bits per heavy atom. The number of benzene rings is 2. The molecular formula is C26H34ClN3. The highest BCUT2D eigenvalue weighted by molar-refractivity contribution is 6.30. The van der Waals surface area contributed by atoms with Crippen LogP contribution < -0.4 is 11.1 Å². The molecule has 1 fully saturated rings. The first-order valence-corrected chi connectivity index (χ1v) is 11.9. The normalized spacial score (nSPS) is 16.2. The first kappa shape index (κ1) is 21.4. The van der Waals surface area contributed by atoms with Crippen molar-refractivity contribution < 1.29 is 0 Å². The van der Waals surface area contributed by atoms with Gasteiger partial charge in [0.2, 0.25) is 0 Å². The maximum absolute atomic E-state index is 6.39. The number of halogens is 1. The molecule has 1 aliphatic carbocycles. The van der Waals surface area contributed by atoms with Crippen molar-refractivity contribution in [2.24, 2.45) is 5.73 Å². The van der Waals surface area contributed by atoms with E-state index in [2.05, 4.69) is 58.5 Å². The van der Waals surface area contributed by atoms with Crippen LogP contribution >= 0.6 is 11.6 Å². The minimum Gasteiger partial charge on any atom is -0.344 e. The van der Waals surface area contributed by atoms with Crippen LogP contribution in [0.4, 0.5) is 0 Å². The van der Waals surface area contributed by atoms with Crippen LogP contribution in [0.15, 0.2) is 54.7 Å². The summed E-state index contributed by atoms with van der Waals surface area (Å²) in [4.78, 5) is 0. The largest absolute Gasteiger partial charge is 0.344 e. The average molecular weight is 424 g/mol. The van der Waals surface area contributed by atoms with Gasteiger partial charge >= 0.3 is 0 Å². The third-order valence-corrected chi connectivity index (χ3v) is 6.77.